The molecule has 2 nitrogen and oxygen atoms in total. The van der Waals surface area contributed by atoms with Gasteiger partial charge >= 0.3 is 0 Å². The van der Waals surface area contributed by atoms with E-state index in [1.807, 2.05) is 30.3 Å². The van der Waals surface area contributed by atoms with E-state index in [0.29, 0.717) is 6.42 Å². The second kappa shape index (κ2) is 4.91. The second-order valence-electron chi connectivity index (χ2n) is 5.45. The van der Waals surface area contributed by atoms with Crippen molar-refractivity contribution in [3.8, 4) is 5.75 Å². The molecule has 0 saturated heterocycles. The van der Waals surface area contributed by atoms with Crippen LogP contribution in [0.4, 0.5) is 4.39 Å². The maximum absolute atomic E-state index is 13.3. The lowest BCUT2D eigenvalue weighted by atomic mass is 9.86. The predicted octanol–water partition coefficient (Wildman–Crippen LogP) is 3.18. The van der Waals surface area contributed by atoms with Crippen LogP contribution in [0.2, 0.25) is 0 Å². The molecule has 1 aliphatic rings. The highest BCUT2D eigenvalue weighted by Gasteiger charge is 2.35. The van der Waals surface area contributed by atoms with Crippen LogP contribution in [0.3, 0.4) is 0 Å². The van der Waals surface area contributed by atoms with Gasteiger partial charge < -0.3 is 10.5 Å². The van der Waals surface area contributed by atoms with Crippen molar-refractivity contribution >= 4 is 0 Å². The topological polar surface area (TPSA) is 35.2 Å². The summed E-state index contributed by atoms with van der Waals surface area (Å²) in [5.41, 5.74) is 9.35. The zero-order valence-electron chi connectivity index (χ0n) is 11.5. The second-order valence-corrected chi connectivity index (χ2v) is 5.45. The van der Waals surface area contributed by atoms with E-state index in [2.05, 4.69) is 0 Å². The molecule has 20 heavy (non-hydrogen) atoms. The van der Waals surface area contributed by atoms with Crippen LogP contribution in [0.25, 0.3) is 0 Å². The number of ether oxygens (including phenoxy) is 1. The number of benzene rings is 2. The Morgan fingerprint density at radius 1 is 1.25 bits per heavy atom. The van der Waals surface area contributed by atoms with Crippen LogP contribution in [-0.4, -0.2) is 7.11 Å². The normalized spacial score (nSPS) is 20.8. The fraction of sp³-hybridized carbons (Fsp3) is 0.294. The van der Waals surface area contributed by atoms with E-state index in [-0.39, 0.29) is 5.82 Å². The minimum absolute atomic E-state index is 0.190. The molecule has 3 rings (SSSR count). The Hall–Kier alpha value is -1.87. The molecular weight excluding hydrogens is 253 g/mol. The molecule has 0 heterocycles. The van der Waals surface area contributed by atoms with Crippen LogP contribution >= 0.6 is 0 Å². The minimum atomic E-state index is -0.433. The lowest BCUT2D eigenvalue weighted by molar-refractivity contribution is 0.391. The number of methoxy groups -OCH3 is 1. The van der Waals surface area contributed by atoms with E-state index in [9.17, 15) is 4.39 Å². The predicted molar refractivity (Wildman–Crippen MR) is 77.3 cm³/mol. The molecule has 0 radical (unpaired) electrons. The molecule has 2 N–H and O–H groups in total. The Kier molecular flexibility index (Phi) is 3.22. The van der Waals surface area contributed by atoms with Crippen molar-refractivity contribution in [3.05, 3.63) is 65.0 Å². The quantitative estimate of drug-likeness (QED) is 0.930. The number of hydrogen-bond donors (Lipinski definition) is 1. The van der Waals surface area contributed by atoms with Gasteiger partial charge in [-0.05, 0) is 54.2 Å². The third-order valence-electron chi connectivity index (χ3n) is 4.14. The zero-order chi connectivity index (χ0) is 14.2. The fourth-order valence-electron chi connectivity index (χ4n) is 3.12. The van der Waals surface area contributed by atoms with Crippen molar-refractivity contribution in [1.29, 1.82) is 0 Å². The van der Waals surface area contributed by atoms with Crippen molar-refractivity contribution in [1.82, 2.24) is 0 Å². The highest BCUT2D eigenvalue weighted by molar-refractivity contribution is 5.43. The number of rotatable bonds is 3. The third-order valence-corrected chi connectivity index (χ3v) is 4.14. The lowest BCUT2D eigenvalue weighted by Gasteiger charge is -2.26. The summed E-state index contributed by atoms with van der Waals surface area (Å²) in [6, 6.07) is 12.8. The maximum Gasteiger partial charge on any atom is 0.123 e. The summed E-state index contributed by atoms with van der Waals surface area (Å²) in [5, 5.41) is 0. The van der Waals surface area contributed by atoms with Gasteiger partial charge in [0.15, 0.2) is 0 Å². The van der Waals surface area contributed by atoms with Crippen molar-refractivity contribution in [2.75, 3.05) is 7.11 Å². The van der Waals surface area contributed by atoms with Crippen LogP contribution < -0.4 is 10.5 Å². The van der Waals surface area contributed by atoms with E-state index in [1.54, 1.807) is 13.2 Å². The highest BCUT2D eigenvalue weighted by Crippen LogP contribution is 2.39. The fourth-order valence-corrected chi connectivity index (χ4v) is 3.12. The number of fused-ring (bicyclic) bond motifs is 1. The number of para-hydroxylation sites is 1. The summed E-state index contributed by atoms with van der Waals surface area (Å²) in [6.07, 6.45) is 2.37. The molecule has 0 amide bonds. The number of nitrogens with two attached hydrogens (primary N) is 1. The van der Waals surface area contributed by atoms with Crippen LogP contribution in [0.15, 0.2) is 42.5 Å². The molecule has 0 bridgehead atoms. The molecular formula is C17H18FNO. The first-order valence-corrected chi connectivity index (χ1v) is 6.82. The highest BCUT2D eigenvalue weighted by atomic mass is 19.1. The van der Waals surface area contributed by atoms with Crippen LogP contribution in [0, 0.1) is 5.82 Å². The largest absolute Gasteiger partial charge is 0.496 e. The van der Waals surface area contributed by atoms with Gasteiger partial charge in [0.2, 0.25) is 0 Å². The molecule has 2 aromatic carbocycles. The van der Waals surface area contributed by atoms with Gasteiger partial charge in [0.05, 0.1) is 7.11 Å². The number of halogens is 1. The molecule has 104 valence electrons. The molecule has 0 saturated carbocycles. The molecule has 0 spiro atoms. The summed E-state index contributed by atoms with van der Waals surface area (Å²) in [5.74, 6) is 0.665. The van der Waals surface area contributed by atoms with Crippen molar-refractivity contribution in [2.45, 2.75) is 24.8 Å². The summed E-state index contributed by atoms with van der Waals surface area (Å²) in [4.78, 5) is 0. The van der Waals surface area contributed by atoms with Crippen LogP contribution in [0.1, 0.15) is 23.1 Å². The SMILES string of the molecule is COc1ccccc1CC1(N)CCc2cc(F)ccc21. The summed E-state index contributed by atoms with van der Waals surface area (Å²) in [7, 11) is 1.67. The van der Waals surface area contributed by atoms with Gasteiger partial charge in [-0.25, -0.2) is 4.39 Å². The lowest BCUT2D eigenvalue weighted by Crippen LogP contribution is -2.36. The zero-order valence-corrected chi connectivity index (χ0v) is 11.5. The number of hydrogen-bond acceptors (Lipinski definition) is 2. The van der Waals surface area contributed by atoms with Crippen LogP contribution in [-0.2, 0) is 18.4 Å². The molecule has 2 aromatic rings. The van der Waals surface area contributed by atoms with E-state index >= 15 is 0 Å². The van der Waals surface area contributed by atoms with Gasteiger partial charge in [-0.3, -0.25) is 0 Å². The molecule has 3 heteroatoms. The molecule has 1 aliphatic carbocycles. The van der Waals surface area contributed by atoms with Crippen molar-refractivity contribution < 1.29 is 9.13 Å². The first kappa shape index (κ1) is 13.1. The van der Waals surface area contributed by atoms with E-state index in [1.165, 1.54) is 6.07 Å². The summed E-state index contributed by atoms with van der Waals surface area (Å²) >= 11 is 0. The van der Waals surface area contributed by atoms with Gasteiger partial charge in [-0.1, -0.05) is 24.3 Å². The molecule has 0 fully saturated rings. The Morgan fingerprint density at radius 2 is 2.05 bits per heavy atom. The molecule has 0 aromatic heterocycles. The van der Waals surface area contributed by atoms with E-state index in [0.717, 1.165) is 35.3 Å². The minimum Gasteiger partial charge on any atom is -0.496 e. The van der Waals surface area contributed by atoms with Crippen molar-refractivity contribution in [3.63, 3.8) is 0 Å². The van der Waals surface area contributed by atoms with Gasteiger partial charge in [0.25, 0.3) is 0 Å². The molecule has 1 atom stereocenters. The average Bonchev–Trinajstić information content (AvgIpc) is 2.76. The standard InChI is InChI=1S/C17H18FNO/c1-20-16-5-3-2-4-13(16)11-17(19)9-8-12-10-14(18)6-7-15(12)17/h2-7,10H,8-9,11,19H2,1H3. The Morgan fingerprint density at radius 3 is 2.85 bits per heavy atom. The first-order chi connectivity index (χ1) is 9.62. The third kappa shape index (κ3) is 2.18. The summed E-state index contributed by atoms with van der Waals surface area (Å²) < 4.78 is 18.7. The van der Waals surface area contributed by atoms with Crippen LogP contribution in [0.5, 0.6) is 5.75 Å². The first-order valence-electron chi connectivity index (χ1n) is 6.82. The Labute approximate surface area is 118 Å². The monoisotopic (exact) mass is 271 g/mol. The smallest absolute Gasteiger partial charge is 0.123 e. The molecule has 0 aliphatic heterocycles. The van der Waals surface area contributed by atoms with Gasteiger partial charge in [0.1, 0.15) is 11.6 Å². The summed E-state index contributed by atoms with van der Waals surface area (Å²) in [6.45, 7) is 0. The van der Waals surface area contributed by atoms with Gasteiger partial charge in [-0.15, -0.1) is 0 Å². The van der Waals surface area contributed by atoms with E-state index < -0.39 is 5.54 Å². The Balaban J connectivity index is 1.96. The maximum atomic E-state index is 13.3. The average molecular weight is 271 g/mol. The number of aryl methyl sites for hydroxylation is 1. The molecule has 1 unspecified atom stereocenters. The van der Waals surface area contributed by atoms with Crippen molar-refractivity contribution in [2.24, 2.45) is 5.73 Å². The Bertz CT molecular complexity index is 641. The van der Waals surface area contributed by atoms with E-state index in [4.69, 9.17) is 10.5 Å². The van der Waals surface area contributed by atoms with Gasteiger partial charge in [-0.2, -0.15) is 0 Å². The van der Waals surface area contributed by atoms with Gasteiger partial charge in [0, 0.05) is 5.54 Å².